The maximum absolute atomic E-state index is 11.0. The Balaban J connectivity index is 1.89. The van der Waals surface area contributed by atoms with Gasteiger partial charge in [0.1, 0.15) is 0 Å². The van der Waals surface area contributed by atoms with E-state index in [1.165, 1.54) is 11.8 Å². The van der Waals surface area contributed by atoms with Gasteiger partial charge in [-0.25, -0.2) is 0 Å². The average Bonchev–Trinajstić information content (AvgIpc) is 2.74. The highest BCUT2D eigenvalue weighted by molar-refractivity contribution is 8.53. The molecule has 86 valence electrons. The van der Waals surface area contributed by atoms with Crippen LogP contribution in [-0.4, -0.2) is 35.1 Å². The quantitative estimate of drug-likeness (QED) is 0.716. The molecule has 0 bridgehead atoms. The number of halogens is 1. The molecule has 0 aromatic rings. The third kappa shape index (κ3) is 3.35. The molecule has 1 spiro atoms. The van der Waals surface area contributed by atoms with Gasteiger partial charge in [-0.15, -0.1) is 58.6 Å². The predicted octanol–water partition coefficient (Wildman–Crippen LogP) is 3.77. The number of alkyl halides is 1. The largest absolute Gasteiger partial charge is 0.288 e. The van der Waals surface area contributed by atoms with E-state index >= 15 is 0 Å². The second-order valence-corrected chi connectivity index (χ2v) is 12.1. The minimum atomic E-state index is 0.229. The van der Waals surface area contributed by atoms with Crippen molar-refractivity contribution < 1.29 is 4.79 Å². The van der Waals surface area contributed by atoms with Crippen molar-refractivity contribution in [3.63, 3.8) is 0 Å². The SMILES string of the molecule is CC(=O)S[C@H]1CS[C@]2(SC[C@@H](CCl)S2)S1. The van der Waals surface area contributed by atoms with Gasteiger partial charge in [0.15, 0.2) is 7.86 Å². The Morgan fingerprint density at radius 3 is 2.80 bits per heavy atom. The lowest BCUT2D eigenvalue weighted by Crippen LogP contribution is -2.05. The first-order valence-corrected chi connectivity index (χ1v) is 9.65. The number of hydrogen-bond donors (Lipinski definition) is 0. The zero-order valence-electron chi connectivity index (χ0n) is 8.10. The molecule has 1 nitrogen and oxygen atoms in total. The summed E-state index contributed by atoms with van der Waals surface area (Å²) in [5.41, 5.74) is 0. The third-order valence-corrected chi connectivity index (χ3v) is 11.7. The summed E-state index contributed by atoms with van der Waals surface area (Å²) in [7, 11) is 0. The van der Waals surface area contributed by atoms with Crippen molar-refractivity contribution in [1.29, 1.82) is 0 Å². The Morgan fingerprint density at radius 1 is 1.47 bits per heavy atom. The lowest BCUT2D eigenvalue weighted by molar-refractivity contribution is -0.109. The van der Waals surface area contributed by atoms with Gasteiger partial charge < -0.3 is 0 Å². The van der Waals surface area contributed by atoms with Crippen LogP contribution in [0.2, 0.25) is 0 Å². The molecule has 0 aromatic heterocycles. The molecule has 0 aliphatic carbocycles. The summed E-state index contributed by atoms with van der Waals surface area (Å²) in [5, 5.41) is 0.810. The molecule has 2 rings (SSSR count). The Kier molecular flexibility index (Phi) is 4.88. The fourth-order valence-electron chi connectivity index (χ4n) is 1.32. The van der Waals surface area contributed by atoms with Crippen LogP contribution in [0.3, 0.4) is 0 Å². The molecule has 2 aliphatic rings. The molecule has 2 heterocycles. The van der Waals surface area contributed by atoms with E-state index in [1.807, 2.05) is 47.0 Å². The molecule has 3 atom stereocenters. The molecule has 2 aliphatic heterocycles. The topological polar surface area (TPSA) is 17.1 Å². The van der Waals surface area contributed by atoms with Crippen molar-refractivity contribution in [3.8, 4) is 0 Å². The molecule has 2 fully saturated rings. The van der Waals surface area contributed by atoms with Gasteiger partial charge in [-0.1, -0.05) is 11.8 Å². The Morgan fingerprint density at radius 2 is 2.20 bits per heavy atom. The van der Waals surface area contributed by atoms with Crippen molar-refractivity contribution in [2.24, 2.45) is 0 Å². The van der Waals surface area contributed by atoms with E-state index in [1.54, 1.807) is 6.92 Å². The van der Waals surface area contributed by atoms with Crippen LogP contribution in [0.1, 0.15) is 6.92 Å². The van der Waals surface area contributed by atoms with Gasteiger partial charge in [0.25, 0.3) is 0 Å². The Hall–Kier alpha value is 1.71. The summed E-state index contributed by atoms with van der Waals surface area (Å²) in [5.74, 6) is 2.96. The minimum Gasteiger partial charge on any atom is -0.288 e. The van der Waals surface area contributed by atoms with Crippen molar-refractivity contribution in [3.05, 3.63) is 0 Å². The Bertz CT molecular complexity index is 263. The van der Waals surface area contributed by atoms with Gasteiger partial charge in [-0.05, 0) is 0 Å². The van der Waals surface area contributed by atoms with E-state index in [0.717, 1.165) is 17.4 Å². The smallest absolute Gasteiger partial charge is 0.186 e. The van der Waals surface area contributed by atoms with E-state index in [0.29, 0.717) is 9.83 Å². The van der Waals surface area contributed by atoms with Gasteiger partial charge >= 0.3 is 0 Å². The molecule has 0 unspecified atom stereocenters. The minimum absolute atomic E-state index is 0.229. The normalized spacial score (nSPS) is 40.1. The molecule has 0 amide bonds. The molecule has 0 aromatic carbocycles. The van der Waals surface area contributed by atoms with Crippen LogP contribution in [-0.2, 0) is 4.79 Å². The highest BCUT2D eigenvalue weighted by atomic mass is 35.5. The monoisotopic (exact) mass is 318 g/mol. The molecular formula is C8H11ClOS5. The van der Waals surface area contributed by atoms with Gasteiger partial charge in [0.05, 0.1) is 4.58 Å². The first-order chi connectivity index (χ1) is 7.13. The number of rotatable bonds is 2. The van der Waals surface area contributed by atoms with Crippen molar-refractivity contribution >= 4 is 75.5 Å². The van der Waals surface area contributed by atoms with E-state index in [9.17, 15) is 4.79 Å². The number of thioether (sulfide) groups is 5. The average molecular weight is 319 g/mol. The van der Waals surface area contributed by atoms with E-state index in [-0.39, 0.29) is 7.86 Å². The maximum Gasteiger partial charge on any atom is 0.186 e. The predicted molar refractivity (Wildman–Crippen MR) is 79.4 cm³/mol. The molecule has 2 saturated heterocycles. The zero-order valence-corrected chi connectivity index (χ0v) is 12.9. The van der Waals surface area contributed by atoms with Crippen LogP contribution in [0.15, 0.2) is 0 Å². The highest BCUT2D eigenvalue weighted by Gasteiger charge is 2.48. The maximum atomic E-state index is 11.0. The van der Waals surface area contributed by atoms with Crippen LogP contribution in [0.25, 0.3) is 0 Å². The van der Waals surface area contributed by atoms with Gasteiger partial charge in [0, 0.05) is 29.6 Å². The Labute approximate surface area is 116 Å². The van der Waals surface area contributed by atoms with Crippen LogP contribution >= 0.6 is 70.4 Å². The fraction of sp³-hybridized carbons (Fsp3) is 0.875. The van der Waals surface area contributed by atoms with Crippen molar-refractivity contribution in [1.82, 2.24) is 0 Å². The summed E-state index contributed by atoms with van der Waals surface area (Å²) in [6.45, 7) is 1.65. The van der Waals surface area contributed by atoms with Crippen molar-refractivity contribution in [2.75, 3.05) is 17.4 Å². The fourth-order valence-corrected chi connectivity index (χ4v) is 11.9. The third-order valence-electron chi connectivity index (χ3n) is 1.90. The van der Waals surface area contributed by atoms with Crippen LogP contribution < -0.4 is 0 Å². The molecule has 0 N–H and O–H groups in total. The number of hydrogen-bond acceptors (Lipinski definition) is 6. The summed E-state index contributed by atoms with van der Waals surface area (Å²) >= 11 is 15.3. The van der Waals surface area contributed by atoms with E-state index in [4.69, 9.17) is 11.6 Å². The molecule has 15 heavy (non-hydrogen) atoms. The van der Waals surface area contributed by atoms with Crippen molar-refractivity contribution in [2.45, 2.75) is 19.5 Å². The molecular weight excluding hydrogens is 308 g/mol. The zero-order chi connectivity index (χ0) is 10.9. The van der Waals surface area contributed by atoms with Gasteiger partial charge in [-0.3, -0.25) is 4.79 Å². The number of carbonyl (C=O) groups is 1. The summed E-state index contributed by atoms with van der Waals surface area (Å²) in [4.78, 5) is 11.0. The van der Waals surface area contributed by atoms with Crippen LogP contribution in [0, 0.1) is 0 Å². The lowest BCUT2D eigenvalue weighted by Gasteiger charge is -2.19. The molecule has 0 radical (unpaired) electrons. The first kappa shape index (κ1) is 13.1. The van der Waals surface area contributed by atoms with Crippen LogP contribution in [0.5, 0.6) is 0 Å². The van der Waals surface area contributed by atoms with Gasteiger partial charge in [-0.2, -0.15) is 0 Å². The summed E-state index contributed by atoms with van der Waals surface area (Å²) in [6.07, 6.45) is 0. The first-order valence-electron chi connectivity index (χ1n) is 4.50. The summed E-state index contributed by atoms with van der Waals surface area (Å²) < 4.78 is 0.661. The number of carbonyl (C=O) groups excluding carboxylic acids is 1. The van der Waals surface area contributed by atoms with E-state index in [2.05, 4.69) is 0 Å². The lowest BCUT2D eigenvalue weighted by atomic mass is 10.6. The molecule has 0 saturated carbocycles. The van der Waals surface area contributed by atoms with Gasteiger partial charge in [0.2, 0.25) is 0 Å². The highest BCUT2D eigenvalue weighted by Crippen LogP contribution is 2.68. The summed E-state index contributed by atoms with van der Waals surface area (Å²) in [6, 6.07) is 0. The van der Waals surface area contributed by atoms with Crippen LogP contribution in [0.4, 0.5) is 0 Å². The van der Waals surface area contributed by atoms with E-state index < -0.39 is 0 Å². The molecule has 7 heteroatoms. The second kappa shape index (κ2) is 5.57. The second-order valence-electron chi connectivity index (χ2n) is 3.17. The standard InChI is InChI=1S/C8H11ClOS5/c1-5(10)13-7-4-12-8(15-7)11-3-6(2-9)14-8/h6-7H,2-4H2,1H3/t6-,7-,8+/m1/s1.